The Labute approximate surface area is 155 Å². The first-order valence-electron chi connectivity index (χ1n) is 7.21. The van der Waals surface area contributed by atoms with E-state index in [0.717, 1.165) is 27.0 Å². The van der Waals surface area contributed by atoms with E-state index < -0.39 is 0 Å². The topological polar surface area (TPSA) is 34.4 Å². The van der Waals surface area contributed by atoms with Crippen LogP contribution in [-0.2, 0) is 6.54 Å². The third-order valence-electron chi connectivity index (χ3n) is 3.43. The van der Waals surface area contributed by atoms with Gasteiger partial charge < -0.3 is 4.57 Å². The standard InChI is InChI=1S/C17H14BrFN2OS2/c1-23-8-7-21-14-6-5-13(19)10-15(14)24-17(21)20-16(22)11-3-2-4-12(18)9-11/h2-6,9-10H,7-8H2,1H3. The van der Waals surface area contributed by atoms with Crippen LogP contribution in [0.25, 0.3) is 10.2 Å². The molecule has 3 aromatic rings. The first-order chi connectivity index (χ1) is 11.6. The minimum absolute atomic E-state index is 0.286. The van der Waals surface area contributed by atoms with E-state index in [4.69, 9.17) is 0 Å². The summed E-state index contributed by atoms with van der Waals surface area (Å²) in [5.74, 6) is 0.299. The average molecular weight is 425 g/mol. The summed E-state index contributed by atoms with van der Waals surface area (Å²) in [4.78, 5) is 17.3. The van der Waals surface area contributed by atoms with Gasteiger partial charge in [0.25, 0.3) is 5.91 Å². The van der Waals surface area contributed by atoms with Gasteiger partial charge in [0.2, 0.25) is 0 Å². The molecule has 0 unspecified atom stereocenters. The number of carbonyl (C=O) groups excluding carboxylic acids is 1. The summed E-state index contributed by atoms with van der Waals surface area (Å²) in [5.41, 5.74) is 1.42. The Balaban J connectivity index is 2.11. The molecule has 0 spiro atoms. The largest absolute Gasteiger partial charge is 0.316 e. The lowest BCUT2D eigenvalue weighted by molar-refractivity contribution is 0.0998. The number of hydrogen-bond donors (Lipinski definition) is 0. The summed E-state index contributed by atoms with van der Waals surface area (Å²) in [5, 5.41) is 0. The van der Waals surface area contributed by atoms with Crippen molar-refractivity contribution in [3.05, 3.63) is 63.1 Å². The molecule has 0 aliphatic heterocycles. The molecule has 3 nitrogen and oxygen atoms in total. The lowest BCUT2D eigenvalue weighted by Crippen LogP contribution is -2.18. The van der Waals surface area contributed by atoms with Gasteiger partial charge in [-0.1, -0.05) is 33.3 Å². The number of carbonyl (C=O) groups is 1. The number of aryl methyl sites for hydroxylation is 1. The van der Waals surface area contributed by atoms with Crippen molar-refractivity contribution in [1.29, 1.82) is 0 Å². The zero-order valence-corrected chi connectivity index (χ0v) is 16.0. The van der Waals surface area contributed by atoms with Crippen LogP contribution in [0.5, 0.6) is 0 Å². The minimum Gasteiger partial charge on any atom is -0.316 e. The molecule has 7 heteroatoms. The van der Waals surface area contributed by atoms with Gasteiger partial charge in [-0.05, 0) is 42.7 Å². The van der Waals surface area contributed by atoms with E-state index in [2.05, 4.69) is 20.9 Å². The summed E-state index contributed by atoms with van der Waals surface area (Å²) in [6.07, 6.45) is 2.03. The van der Waals surface area contributed by atoms with Crippen molar-refractivity contribution in [1.82, 2.24) is 4.57 Å². The number of fused-ring (bicyclic) bond motifs is 1. The quantitative estimate of drug-likeness (QED) is 0.607. The molecule has 1 amide bonds. The number of thiazole rings is 1. The summed E-state index contributed by atoms with van der Waals surface area (Å²) in [7, 11) is 0. The van der Waals surface area contributed by atoms with Crippen molar-refractivity contribution in [2.24, 2.45) is 4.99 Å². The van der Waals surface area contributed by atoms with Crippen LogP contribution >= 0.6 is 39.0 Å². The molecule has 0 saturated heterocycles. The molecular formula is C17H14BrFN2OS2. The van der Waals surface area contributed by atoms with Crippen molar-refractivity contribution < 1.29 is 9.18 Å². The van der Waals surface area contributed by atoms with E-state index in [-0.39, 0.29) is 11.7 Å². The summed E-state index contributed by atoms with van der Waals surface area (Å²) in [6.45, 7) is 0.720. The van der Waals surface area contributed by atoms with Gasteiger partial charge in [-0.25, -0.2) is 4.39 Å². The zero-order chi connectivity index (χ0) is 17.1. The van der Waals surface area contributed by atoms with Crippen LogP contribution in [0, 0.1) is 5.82 Å². The maximum atomic E-state index is 13.5. The second kappa shape index (κ2) is 7.63. The van der Waals surface area contributed by atoms with E-state index in [1.54, 1.807) is 36.0 Å². The summed E-state index contributed by atoms with van der Waals surface area (Å²) in [6, 6.07) is 11.8. The highest BCUT2D eigenvalue weighted by molar-refractivity contribution is 9.10. The zero-order valence-electron chi connectivity index (χ0n) is 12.8. The Morgan fingerprint density at radius 3 is 2.92 bits per heavy atom. The number of thioether (sulfide) groups is 1. The van der Waals surface area contributed by atoms with Gasteiger partial charge >= 0.3 is 0 Å². The number of amides is 1. The van der Waals surface area contributed by atoms with E-state index >= 15 is 0 Å². The van der Waals surface area contributed by atoms with E-state index in [1.165, 1.54) is 23.5 Å². The summed E-state index contributed by atoms with van der Waals surface area (Å²) < 4.78 is 17.1. The molecule has 1 aromatic heterocycles. The van der Waals surface area contributed by atoms with Gasteiger partial charge in [-0.15, -0.1) is 0 Å². The molecule has 2 aromatic carbocycles. The van der Waals surface area contributed by atoms with Gasteiger partial charge in [0.05, 0.1) is 10.2 Å². The third kappa shape index (κ3) is 3.79. The number of nitrogens with zero attached hydrogens (tertiary/aromatic N) is 2. The fraction of sp³-hybridized carbons (Fsp3) is 0.176. The van der Waals surface area contributed by atoms with Gasteiger partial charge in [-0.2, -0.15) is 16.8 Å². The van der Waals surface area contributed by atoms with E-state index in [0.29, 0.717) is 10.4 Å². The highest BCUT2D eigenvalue weighted by Crippen LogP contribution is 2.19. The number of aromatic nitrogens is 1. The number of halogens is 2. The van der Waals surface area contributed by atoms with Crippen LogP contribution in [-0.4, -0.2) is 22.5 Å². The van der Waals surface area contributed by atoms with Crippen LogP contribution in [0.3, 0.4) is 0 Å². The van der Waals surface area contributed by atoms with Gasteiger partial charge in [0, 0.05) is 22.3 Å². The van der Waals surface area contributed by atoms with Crippen molar-refractivity contribution >= 4 is 55.2 Å². The van der Waals surface area contributed by atoms with Gasteiger partial charge in [0.15, 0.2) is 4.80 Å². The normalized spacial score (nSPS) is 12.0. The lowest BCUT2D eigenvalue weighted by Gasteiger charge is -2.03. The fourth-order valence-electron chi connectivity index (χ4n) is 2.30. The molecule has 24 heavy (non-hydrogen) atoms. The minimum atomic E-state index is -0.304. The Bertz CT molecular complexity index is 965. The van der Waals surface area contributed by atoms with Crippen LogP contribution in [0.4, 0.5) is 4.39 Å². The molecule has 124 valence electrons. The molecule has 0 aliphatic carbocycles. The van der Waals surface area contributed by atoms with E-state index in [9.17, 15) is 9.18 Å². The first kappa shape index (κ1) is 17.4. The van der Waals surface area contributed by atoms with Crippen LogP contribution in [0.1, 0.15) is 10.4 Å². The van der Waals surface area contributed by atoms with Crippen molar-refractivity contribution in [2.45, 2.75) is 6.54 Å². The summed E-state index contributed by atoms with van der Waals surface area (Å²) >= 11 is 6.40. The fourth-order valence-corrected chi connectivity index (χ4v) is 4.15. The van der Waals surface area contributed by atoms with Crippen LogP contribution < -0.4 is 4.80 Å². The van der Waals surface area contributed by atoms with Gasteiger partial charge in [-0.3, -0.25) is 4.79 Å². The molecule has 0 fully saturated rings. The molecule has 0 atom stereocenters. The smallest absolute Gasteiger partial charge is 0.279 e. The molecule has 0 N–H and O–H groups in total. The average Bonchev–Trinajstić information content (AvgIpc) is 2.89. The molecule has 0 bridgehead atoms. The number of hydrogen-bond acceptors (Lipinski definition) is 3. The Morgan fingerprint density at radius 1 is 1.33 bits per heavy atom. The van der Waals surface area contributed by atoms with Crippen LogP contribution in [0.2, 0.25) is 0 Å². The molecule has 1 heterocycles. The number of rotatable bonds is 4. The SMILES string of the molecule is CSCCn1c(=NC(=O)c2cccc(Br)c2)sc2cc(F)ccc21. The van der Waals surface area contributed by atoms with Crippen molar-refractivity contribution in [3.8, 4) is 0 Å². The van der Waals surface area contributed by atoms with Crippen molar-refractivity contribution in [2.75, 3.05) is 12.0 Å². The van der Waals surface area contributed by atoms with Crippen LogP contribution in [0.15, 0.2) is 51.9 Å². The molecular weight excluding hydrogens is 411 g/mol. The third-order valence-corrected chi connectivity index (χ3v) is 5.56. The van der Waals surface area contributed by atoms with Crippen molar-refractivity contribution in [3.63, 3.8) is 0 Å². The number of benzene rings is 2. The molecule has 0 aliphatic rings. The lowest BCUT2D eigenvalue weighted by atomic mass is 10.2. The predicted octanol–water partition coefficient (Wildman–Crippen LogP) is 4.71. The first-order valence-corrected chi connectivity index (χ1v) is 10.2. The second-order valence-electron chi connectivity index (χ2n) is 5.07. The van der Waals surface area contributed by atoms with E-state index in [1.807, 2.05) is 16.9 Å². The second-order valence-corrected chi connectivity index (χ2v) is 7.98. The Kier molecular flexibility index (Phi) is 5.53. The Hall–Kier alpha value is -1.44. The maximum Gasteiger partial charge on any atom is 0.279 e. The highest BCUT2D eigenvalue weighted by Gasteiger charge is 2.10. The van der Waals surface area contributed by atoms with Gasteiger partial charge in [0.1, 0.15) is 5.82 Å². The highest BCUT2D eigenvalue weighted by atomic mass is 79.9. The Morgan fingerprint density at radius 2 is 2.17 bits per heavy atom. The predicted molar refractivity (Wildman–Crippen MR) is 102 cm³/mol. The maximum absolute atomic E-state index is 13.5. The molecule has 0 radical (unpaired) electrons. The molecule has 3 rings (SSSR count). The molecule has 0 saturated carbocycles. The monoisotopic (exact) mass is 424 g/mol.